The van der Waals surface area contributed by atoms with Crippen LogP contribution in [0.2, 0.25) is 5.02 Å². The van der Waals surface area contributed by atoms with Gasteiger partial charge in [0.2, 0.25) is 5.91 Å². The second kappa shape index (κ2) is 5.67. The summed E-state index contributed by atoms with van der Waals surface area (Å²) in [6.07, 6.45) is 2.28. The molecule has 5 heteroatoms. The Morgan fingerprint density at radius 1 is 1.44 bits per heavy atom. The van der Waals surface area contributed by atoms with Crippen LogP contribution < -0.4 is 5.32 Å². The molecule has 3 nitrogen and oxygen atoms in total. The van der Waals surface area contributed by atoms with Gasteiger partial charge in [-0.15, -0.1) is 0 Å². The van der Waals surface area contributed by atoms with Crippen molar-refractivity contribution >= 4 is 23.2 Å². The van der Waals surface area contributed by atoms with Gasteiger partial charge in [-0.05, 0) is 51.1 Å². The summed E-state index contributed by atoms with van der Waals surface area (Å²) in [6.45, 7) is 3.79. The van der Waals surface area contributed by atoms with Gasteiger partial charge in [-0.25, -0.2) is 4.39 Å². The number of halogens is 2. The highest BCUT2D eigenvalue weighted by Gasteiger charge is 2.23. The molecule has 1 aliphatic heterocycles. The molecule has 2 rings (SSSR count). The first-order chi connectivity index (χ1) is 8.58. The maximum absolute atomic E-state index is 13.0. The first kappa shape index (κ1) is 13.3. The Bertz CT molecular complexity index is 447. The molecule has 0 spiro atoms. The Labute approximate surface area is 111 Å². The van der Waals surface area contributed by atoms with E-state index in [0.717, 1.165) is 25.9 Å². The number of carbonyl (C=O) groups excluding carboxylic acids is 1. The van der Waals surface area contributed by atoms with E-state index >= 15 is 0 Å². The first-order valence-electron chi connectivity index (χ1n) is 6.08. The molecule has 0 aliphatic carbocycles. The van der Waals surface area contributed by atoms with Crippen molar-refractivity contribution in [2.24, 2.45) is 0 Å². The Hall–Kier alpha value is -1.13. The van der Waals surface area contributed by atoms with E-state index in [1.807, 2.05) is 6.92 Å². The van der Waals surface area contributed by atoms with Crippen molar-refractivity contribution in [1.82, 2.24) is 4.90 Å². The number of anilines is 1. The highest BCUT2D eigenvalue weighted by molar-refractivity contribution is 6.31. The van der Waals surface area contributed by atoms with Crippen LogP contribution in [0, 0.1) is 5.82 Å². The molecular weight excluding hydrogens is 255 g/mol. The molecule has 1 fully saturated rings. The quantitative estimate of drug-likeness (QED) is 0.916. The molecule has 0 unspecified atom stereocenters. The first-order valence-corrected chi connectivity index (χ1v) is 6.45. The number of nitrogens with one attached hydrogen (secondary N) is 1. The maximum Gasteiger partial charge on any atom is 0.241 e. The number of rotatable bonds is 3. The summed E-state index contributed by atoms with van der Waals surface area (Å²) in [7, 11) is 0. The van der Waals surface area contributed by atoms with Gasteiger partial charge >= 0.3 is 0 Å². The lowest BCUT2D eigenvalue weighted by atomic mass is 10.2. The zero-order valence-electron chi connectivity index (χ0n) is 10.2. The molecule has 0 bridgehead atoms. The van der Waals surface area contributed by atoms with Gasteiger partial charge in [0, 0.05) is 5.69 Å². The summed E-state index contributed by atoms with van der Waals surface area (Å²) >= 11 is 5.67. The van der Waals surface area contributed by atoms with Crippen LogP contribution >= 0.6 is 11.6 Å². The van der Waals surface area contributed by atoms with Gasteiger partial charge in [-0.2, -0.15) is 0 Å². The van der Waals surface area contributed by atoms with Crippen LogP contribution in [-0.2, 0) is 4.79 Å². The molecule has 0 saturated carbocycles. The standard InChI is InChI=1S/C13H16ClFN2O/c1-9(17-6-2-3-7-17)13(18)16-10-4-5-12(15)11(14)8-10/h4-5,8-9H,2-3,6-7H2,1H3,(H,16,18)/t9-/m1/s1. The van der Waals surface area contributed by atoms with Gasteiger partial charge in [-0.1, -0.05) is 11.6 Å². The van der Waals surface area contributed by atoms with E-state index < -0.39 is 5.82 Å². The van der Waals surface area contributed by atoms with E-state index in [4.69, 9.17) is 11.6 Å². The fourth-order valence-corrected chi connectivity index (χ4v) is 2.30. The average Bonchev–Trinajstić information content (AvgIpc) is 2.86. The summed E-state index contributed by atoms with van der Waals surface area (Å²) in [5.41, 5.74) is 0.525. The van der Waals surface area contributed by atoms with Gasteiger partial charge in [0.1, 0.15) is 5.82 Å². The van der Waals surface area contributed by atoms with Gasteiger partial charge in [0.05, 0.1) is 11.1 Å². The molecule has 1 N–H and O–H groups in total. The number of carbonyl (C=O) groups is 1. The van der Waals surface area contributed by atoms with Crippen molar-refractivity contribution in [3.63, 3.8) is 0 Å². The van der Waals surface area contributed by atoms with E-state index in [2.05, 4.69) is 10.2 Å². The molecule has 1 heterocycles. The van der Waals surface area contributed by atoms with Gasteiger partial charge < -0.3 is 5.32 Å². The van der Waals surface area contributed by atoms with Crippen molar-refractivity contribution in [3.8, 4) is 0 Å². The number of hydrogen-bond acceptors (Lipinski definition) is 2. The topological polar surface area (TPSA) is 32.3 Å². The molecule has 1 aromatic rings. The number of nitrogens with zero attached hydrogens (tertiary/aromatic N) is 1. The predicted octanol–water partition coefficient (Wildman–Crippen LogP) is 2.90. The minimum atomic E-state index is -0.484. The Morgan fingerprint density at radius 2 is 2.11 bits per heavy atom. The third-order valence-electron chi connectivity index (χ3n) is 3.25. The maximum atomic E-state index is 13.0. The fourth-order valence-electron chi connectivity index (χ4n) is 2.12. The number of likely N-dealkylation sites (tertiary alicyclic amines) is 1. The summed E-state index contributed by atoms with van der Waals surface area (Å²) in [5.74, 6) is -0.568. The zero-order chi connectivity index (χ0) is 13.1. The molecule has 0 aromatic heterocycles. The Balaban J connectivity index is 1.99. The molecule has 1 aliphatic rings. The lowest BCUT2D eigenvalue weighted by Gasteiger charge is -2.22. The third-order valence-corrected chi connectivity index (χ3v) is 3.54. The molecule has 98 valence electrons. The summed E-state index contributed by atoms with van der Waals surface area (Å²) < 4.78 is 13.0. The predicted molar refractivity (Wildman–Crippen MR) is 70.3 cm³/mol. The highest BCUT2D eigenvalue weighted by atomic mass is 35.5. The molecule has 18 heavy (non-hydrogen) atoms. The molecule has 0 radical (unpaired) electrons. The van der Waals surface area contributed by atoms with Crippen LogP contribution in [0.3, 0.4) is 0 Å². The van der Waals surface area contributed by atoms with Gasteiger partial charge in [-0.3, -0.25) is 9.69 Å². The molecule has 1 saturated heterocycles. The van der Waals surface area contributed by atoms with E-state index in [1.54, 1.807) is 0 Å². The molecule has 1 atom stereocenters. The zero-order valence-corrected chi connectivity index (χ0v) is 11.0. The summed E-state index contributed by atoms with van der Waals surface area (Å²) in [5, 5.41) is 2.77. The monoisotopic (exact) mass is 270 g/mol. The minimum Gasteiger partial charge on any atom is -0.325 e. The molecule has 1 amide bonds. The van der Waals surface area contributed by atoms with E-state index in [0.29, 0.717) is 5.69 Å². The van der Waals surface area contributed by atoms with Crippen molar-refractivity contribution < 1.29 is 9.18 Å². The van der Waals surface area contributed by atoms with Crippen LogP contribution in [0.15, 0.2) is 18.2 Å². The van der Waals surface area contributed by atoms with Crippen LogP contribution in [-0.4, -0.2) is 29.9 Å². The van der Waals surface area contributed by atoms with Crippen molar-refractivity contribution in [2.75, 3.05) is 18.4 Å². The van der Waals surface area contributed by atoms with E-state index in [-0.39, 0.29) is 17.0 Å². The normalized spacial score (nSPS) is 17.7. The van der Waals surface area contributed by atoms with Crippen LogP contribution in [0.25, 0.3) is 0 Å². The van der Waals surface area contributed by atoms with Crippen LogP contribution in [0.5, 0.6) is 0 Å². The SMILES string of the molecule is C[C@H](C(=O)Nc1ccc(F)c(Cl)c1)N1CCCC1. The fraction of sp³-hybridized carbons (Fsp3) is 0.462. The second-order valence-corrected chi connectivity index (χ2v) is 4.94. The van der Waals surface area contributed by atoms with E-state index in [9.17, 15) is 9.18 Å². The minimum absolute atomic E-state index is 0.0154. The number of amides is 1. The van der Waals surface area contributed by atoms with Crippen molar-refractivity contribution in [2.45, 2.75) is 25.8 Å². The van der Waals surface area contributed by atoms with Crippen molar-refractivity contribution in [1.29, 1.82) is 0 Å². The van der Waals surface area contributed by atoms with Crippen LogP contribution in [0.4, 0.5) is 10.1 Å². The summed E-state index contributed by atoms with van der Waals surface area (Å²) in [4.78, 5) is 14.1. The lowest BCUT2D eigenvalue weighted by molar-refractivity contribution is -0.120. The third kappa shape index (κ3) is 3.00. The summed E-state index contributed by atoms with van der Waals surface area (Å²) in [6, 6.07) is 4.01. The Morgan fingerprint density at radius 3 is 2.72 bits per heavy atom. The number of benzene rings is 1. The Kier molecular flexibility index (Phi) is 4.19. The second-order valence-electron chi connectivity index (χ2n) is 4.54. The molecule has 1 aromatic carbocycles. The van der Waals surface area contributed by atoms with Crippen LogP contribution in [0.1, 0.15) is 19.8 Å². The van der Waals surface area contributed by atoms with Gasteiger partial charge in [0.25, 0.3) is 0 Å². The molecular formula is C13H16ClFN2O. The van der Waals surface area contributed by atoms with Gasteiger partial charge in [0.15, 0.2) is 0 Å². The largest absolute Gasteiger partial charge is 0.325 e. The highest BCUT2D eigenvalue weighted by Crippen LogP contribution is 2.20. The number of hydrogen-bond donors (Lipinski definition) is 1. The lowest BCUT2D eigenvalue weighted by Crippen LogP contribution is -2.40. The average molecular weight is 271 g/mol. The van der Waals surface area contributed by atoms with E-state index in [1.165, 1.54) is 18.2 Å². The smallest absolute Gasteiger partial charge is 0.241 e. The van der Waals surface area contributed by atoms with Crippen molar-refractivity contribution in [3.05, 3.63) is 29.0 Å².